The summed E-state index contributed by atoms with van der Waals surface area (Å²) in [5.74, 6) is -2.66. The van der Waals surface area contributed by atoms with Gasteiger partial charge in [-0.25, -0.2) is 29.1 Å². The molecule has 10 nitrogen and oxygen atoms in total. The van der Waals surface area contributed by atoms with E-state index in [-0.39, 0.29) is 5.56 Å². The van der Waals surface area contributed by atoms with Crippen LogP contribution in [0, 0.1) is 12.7 Å². The normalized spacial score (nSPS) is 12.3. The first-order valence-electron chi connectivity index (χ1n) is 10.4. The van der Waals surface area contributed by atoms with Crippen LogP contribution in [0.4, 0.5) is 23.4 Å². The van der Waals surface area contributed by atoms with E-state index in [1.54, 1.807) is 22.9 Å². The molecule has 5 aromatic rings. The third-order valence-electron chi connectivity index (χ3n) is 5.10. The first-order valence-corrected chi connectivity index (χ1v) is 11.3. The van der Waals surface area contributed by atoms with Crippen molar-refractivity contribution in [2.45, 2.75) is 26.1 Å². The van der Waals surface area contributed by atoms with Gasteiger partial charge in [-0.3, -0.25) is 9.20 Å². The van der Waals surface area contributed by atoms with Crippen molar-refractivity contribution in [1.82, 2.24) is 29.3 Å². The number of alkyl halides is 3. The van der Waals surface area contributed by atoms with Crippen LogP contribution in [0.15, 0.2) is 47.1 Å². The third-order valence-corrected chi connectivity index (χ3v) is 6.05. The van der Waals surface area contributed by atoms with Crippen LogP contribution in [0.5, 0.6) is 0 Å². The molecular formula is C22H17F4N7O3S. The molecule has 0 saturated heterocycles. The molecule has 0 aliphatic carbocycles. The van der Waals surface area contributed by atoms with Crippen molar-refractivity contribution in [2.75, 3.05) is 5.32 Å². The quantitative estimate of drug-likeness (QED) is 0.289. The second kappa shape index (κ2) is 9.93. The maximum Gasteiger partial charge on any atom is 0.490 e. The lowest BCUT2D eigenvalue weighted by atomic mass is 10.0. The number of hydrogen-bond acceptors (Lipinski definition) is 8. The molecule has 0 saturated carbocycles. The van der Waals surface area contributed by atoms with Gasteiger partial charge in [-0.15, -0.1) is 11.3 Å². The summed E-state index contributed by atoms with van der Waals surface area (Å²) < 4.78 is 47.3. The first-order chi connectivity index (χ1) is 17.5. The number of nitrogens with zero attached hydrogens (tertiary/aromatic N) is 5. The Morgan fingerprint density at radius 3 is 2.65 bits per heavy atom. The minimum absolute atomic E-state index is 0.236. The molecule has 0 bridgehead atoms. The summed E-state index contributed by atoms with van der Waals surface area (Å²) in [4.78, 5) is 43.2. The zero-order chi connectivity index (χ0) is 26.9. The Bertz CT molecular complexity index is 1660. The third kappa shape index (κ3) is 5.25. The number of rotatable bonds is 4. The number of aryl methyl sites for hydroxylation is 1. The standard InChI is InChI=1S/C20H16FN7OS.C2HF3O2/c1-10-7-30-20-27-15(11(2)26-18-16-17(23-8-22-16)24-9-25-18)14(19(29)28(10)20)12-4-3-5-13(21)6-12;3-2(4,5)1(6)7/h3-9,11H,1-2H3,(H2,22,23,24,25,26);(H,6,7)/t11-;/m0./s1. The van der Waals surface area contributed by atoms with Crippen molar-refractivity contribution in [3.8, 4) is 11.1 Å². The molecule has 192 valence electrons. The topological polar surface area (TPSA) is 138 Å². The Hall–Kier alpha value is -4.40. The lowest BCUT2D eigenvalue weighted by molar-refractivity contribution is -0.192. The Morgan fingerprint density at radius 1 is 1.24 bits per heavy atom. The fourth-order valence-corrected chi connectivity index (χ4v) is 4.34. The second-order valence-corrected chi connectivity index (χ2v) is 8.51. The highest BCUT2D eigenvalue weighted by molar-refractivity contribution is 7.15. The fraction of sp³-hybridized carbons (Fsp3) is 0.182. The highest BCUT2D eigenvalue weighted by Crippen LogP contribution is 2.29. The van der Waals surface area contributed by atoms with Crippen LogP contribution < -0.4 is 10.9 Å². The van der Waals surface area contributed by atoms with Gasteiger partial charge in [-0.2, -0.15) is 13.2 Å². The number of imidazole rings is 1. The van der Waals surface area contributed by atoms with E-state index < -0.39 is 24.0 Å². The van der Waals surface area contributed by atoms with E-state index in [9.17, 15) is 22.4 Å². The van der Waals surface area contributed by atoms with Gasteiger partial charge in [0.25, 0.3) is 5.56 Å². The number of aliphatic carboxylic acids is 1. The number of anilines is 1. The summed E-state index contributed by atoms with van der Waals surface area (Å²) in [6.45, 7) is 3.72. The summed E-state index contributed by atoms with van der Waals surface area (Å²) in [7, 11) is 0. The summed E-state index contributed by atoms with van der Waals surface area (Å²) in [6, 6.07) is 5.58. The average molecular weight is 535 g/mol. The number of nitrogens with one attached hydrogen (secondary N) is 2. The number of aromatic amines is 1. The minimum atomic E-state index is -5.08. The monoisotopic (exact) mass is 535 g/mol. The summed E-state index contributed by atoms with van der Waals surface area (Å²) in [6.07, 6.45) is -2.12. The van der Waals surface area contributed by atoms with Gasteiger partial charge < -0.3 is 15.4 Å². The molecule has 4 heterocycles. The Kier molecular flexibility index (Phi) is 6.89. The predicted molar refractivity (Wildman–Crippen MR) is 127 cm³/mol. The Balaban J connectivity index is 0.000000405. The zero-order valence-electron chi connectivity index (χ0n) is 19.0. The summed E-state index contributed by atoms with van der Waals surface area (Å²) >= 11 is 1.38. The molecule has 0 fully saturated rings. The molecule has 0 aliphatic rings. The van der Waals surface area contributed by atoms with Crippen LogP contribution in [-0.4, -0.2) is 46.6 Å². The molecule has 3 N–H and O–H groups in total. The molecular weight excluding hydrogens is 518 g/mol. The molecule has 4 aromatic heterocycles. The van der Waals surface area contributed by atoms with E-state index in [1.807, 2.05) is 19.2 Å². The Labute approximate surface area is 208 Å². The van der Waals surface area contributed by atoms with Crippen LogP contribution in [0.1, 0.15) is 24.4 Å². The van der Waals surface area contributed by atoms with Gasteiger partial charge in [0, 0.05) is 11.1 Å². The minimum Gasteiger partial charge on any atom is -0.475 e. The lowest BCUT2D eigenvalue weighted by Gasteiger charge is -2.18. The molecule has 0 spiro atoms. The van der Waals surface area contributed by atoms with Gasteiger partial charge >= 0.3 is 12.1 Å². The van der Waals surface area contributed by atoms with Crippen LogP contribution in [-0.2, 0) is 4.79 Å². The molecule has 37 heavy (non-hydrogen) atoms. The number of halogens is 4. The summed E-state index contributed by atoms with van der Waals surface area (Å²) in [5, 5.41) is 12.3. The van der Waals surface area contributed by atoms with Crippen molar-refractivity contribution in [1.29, 1.82) is 0 Å². The lowest BCUT2D eigenvalue weighted by Crippen LogP contribution is -2.23. The largest absolute Gasteiger partial charge is 0.490 e. The van der Waals surface area contributed by atoms with Crippen LogP contribution in [0.2, 0.25) is 0 Å². The molecule has 0 aliphatic heterocycles. The highest BCUT2D eigenvalue weighted by Gasteiger charge is 2.38. The van der Waals surface area contributed by atoms with E-state index in [0.29, 0.717) is 38.8 Å². The summed E-state index contributed by atoms with van der Waals surface area (Å²) in [5.41, 5.74) is 3.06. The number of H-pyrrole nitrogens is 1. The first kappa shape index (κ1) is 25.7. The van der Waals surface area contributed by atoms with Gasteiger partial charge in [0.2, 0.25) is 0 Å². The van der Waals surface area contributed by atoms with Crippen molar-refractivity contribution in [2.24, 2.45) is 0 Å². The number of hydrogen-bond donors (Lipinski definition) is 3. The van der Waals surface area contributed by atoms with Crippen molar-refractivity contribution in [3.63, 3.8) is 0 Å². The zero-order valence-corrected chi connectivity index (χ0v) is 19.9. The molecule has 5 rings (SSSR count). The SMILES string of the molecule is Cc1csc2nc([C@H](C)Nc3ncnc4[nH]cnc34)c(-c3cccc(F)c3)c(=O)n12.O=C(O)C(F)(F)F. The Morgan fingerprint density at radius 2 is 1.97 bits per heavy atom. The predicted octanol–water partition coefficient (Wildman–Crippen LogP) is 4.34. The van der Waals surface area contributed by atoms with E-state index in [0.717, 1.165) is 5.69 Å². The van der Waals surface area contributed by atoms with Gasteiger partial charge in [0.15, 0.2) is 16.4 Å². The number of thiazole rings is 1. The van der Waals surface area contributed by atoms with E-state index >= 15 is 0 Å². The molecule has 1 atom stereocenters. The van der Waals surface area contributed by atoms with E-state index in [4.69, 9.17) is 14.9 Å². The van der Waals surface area contributed by atoms with E-state index in [1.165, 1.54) is 29.8 Å². The van der Waals surface area contributed by atoms with Crippen molar-refractivity contribution in [3.05, 3.63) is 69.9 Å². The number of carboxylic acid groups (broad SMARTS) is 1. The average Bonchev–Trinajstić information content (AvgIpc) is 3.46. The maximum atomic E-state index is 14.0. The number of fused-ring (bicyclic) bond motifs is 2. The number of aromatic nitrogens is 6. The molecule has 0 radical (unpaired) electrons. The van der Waals surface area contributed by atoms with E-state index in [2.05, 4.69) is 25.3 Å². The van der Waals surface area contributed by atoms with Crippen LogP contribution >= 0.6 is 11.3 Å². The maximum absolute atomic E-state index is 14.0. The molecule has 0 unspecified atom stereocenters. The van der Waals surface area contributed by atoms with Gasteiger partial charge in [0.05, 0.1) is 23.6 Å². The van der Waals surface area contributed by atoms with Crippen LogP contribution in [0.25, 0.3) is 27.3 Å². The second-order valence-electron chi connectivity index (χ2n) is 7.67. The highest BCUT2D eigenvalue weighted by atomic mass is 32.1. The number of carboxylic acids is 1. The number of benzene rings is 1. The number of carbonyl (C=O) groups is 1. The van der Waals surface area contributed by atoms with Crippen molar-refractivity contribution >= 4 is 39.2 Å². The molecule has 15 heteroatoms. The fourth-order valence-electron chi connectivity index (χ4n) is 3.47. The van der Waals surface area contributed by atoms with Gasteiger partial charge in [-0.05, 0) is 31.5 Å². The van der Waals surface area contributed by atoms with Crippen molar-refractivity contribution < 1.29 is 27.5 Å². The van der Waals surface area contributed by atoms with Crippen LogP contribution in [0.3, 0.4) is 0 Å². The van der Waals surface area contributed by atoms with Gasteiger partial charge in [0.1, 0.15) is 17.7 Å². The van der Waals surface area contributed by atoms with Gasteiger partial charge in [-0.1, -0.05) is 12.1 Å². The molecule has 1 aromatic carbocycles. The smallest absolute Gasteiger partial charge is 0.475 e. The molecule has 0 amide bonds.